The molecule has 1 heterocycles. The van der Waals surface area contributed by atoms with Gasteiger partial charge in [-0.1, -0.05) is 0 Å². The zero-order valence-electron chi connectivity index (χ0n) is 9.68. The van der Waals surface area contributed by atoms with Crippen LogP contribution in [0, 0.1) is 6.92 Å². The fourth-order valence-electron chi connectivity index (χ4n) is 1.33. The van der Waals surface area contributed by atoms with Gasteiger partial charge in [0.1, 0.15) is 5.75 Å². The van der Waals surface area contributed by atoms with Crippen molar-refractivity contribution in [3.05, 3.63) is 36.3 Å². The van der Waals surface area contributed by atoms with Gasteiger partial charge in [-0.2, -0.15) is 0 Å². The second kappa shape index (κ2) is 4.69. The molecule has 0 aliphatic rings. The minimum absolute atomic E-state index is 0.437. The standard InChI is InChI=1S/C12H13N3O2/c1-8-12(15-6-5-14-8)17-11-7-9(16-2)3-4-10(11)13/h3-7H,13H2,1-2H3. The normalized spacial score (nSPS) is 10.0. The Balaban J connectivity index is 2.32. The maximum Gasteiger partial charge on any atom is 0.240 e. The number of hydrogen-bond donors (Lipinski definition) is 1. The molecule has 5 heteroatoms. The van der Waals surface area contributed by atoms with Crippen LogP contribution in [0.2, 0.25) is 0 Å². The molecule has 0 fully saturated rings. The first-order valence-corrected chi connectivity index (χ1v) is 5.09. The maximum atomic E-state index is 5.81. The number of aryl methyl sites for hydroxylation is 1. The Hall–Kier alpha value is -2.30. The van der Waals surface area contributed by atoms with Crippen molar-refractivity contribution in [3.8, 4) is 17.4 Å². The molecule has 0 radical (unpaired) electrons. The second-order valence-electron chi connectivity index (χ2n) is 3.45. The van der Waals surface area contributed by atoms with E-state index in [0.717, 1.165) is 0 Å². The van der Waals surface area contributed by atoms with Crippen LogP contribution in [0.5, 0.6) is 17.4 Å². The largest absolute Gasteiger partial charge is 0.497 e. The first kappa shape index (κ1) is 11.2. The number of anilines is 1. The van der Waals surface area contributed by atoms with Crippen LogP contribution in [0.15, 0.2) is 30.6 Å². The fraction of sp³-hybridized carbons (Fsp3) is 0.167. The lowest BCUT2D eigenvalue weighted by molar-refractivity contribution is 0.407. The Morgan fingerprint density at radius 2 is 1.94 bits per heavy atom. The molecule has 2 rings (SSSR count). The number of hydrogen-bond acceptors (Lipinski definition) is 5. The van der Waals surface area contributed by atoms with Gasteiger partial charge in [-0.15, -0.1) is 0 Å². The van der Waals surface area contributed by atoms with Crippen molar-refractivity contribution in [2.75, 3.05) is 12.8 Å². The number of nitrogens with zero attached hydrogens (tertiary/aromatic N) is 2. The molecule has 0 unspecified atom stereocenters. The monoisotopic (exact) mass is 231 g/mol. The summed E-state index contributed by atoms with van der Waals surface area (Å²) in [7, 11) is 1.59. The highest BCUT2D eigenvalue weighted by Crippen LogP contribution is 2.30. The van der Waals surface area contributed by atoms with Crippen molar-refractivity contribution in [3.63, 3.8) is 0 Å². The number of aromatic nitrogens is 2. The number of rotatable bonds is 3. The van der Waals surface area contributed by atoms with Crippen LogP contribution in [-0.2, 0) is 0 Å². The van der Waals surface area contributed by atoms with E-state index in [1.54, 1.807) is 37.7 Å². The topological polar surface area (TPSA) is 70.3 Å². The summed E-state index contributed by atoms with van der Waals surface area (Å²) >= 11 is 0. The highest BCUT2D eigenvalue weighted by molar-refractivity contribution is 5.56. The molecule has 0 atom stereocenters. The summed E-state index contributed by atoms with van der Waals surface area (Å²) in [6, 6.07) is 5.20. The molecule has 0 amide bonds. The average molecular weight is 231 g/mol. The van der Waals surface area contributed by atoms with Crippen molar-refractivity contribution in [1.82, 2.24) is 9.97 Å². The summed E-state index contributed by atoms with van der Waals surface area (Å²) < 4.78 is 10.7. The van der Waals surface area contributed by atoms with E-state index in [1.165, 1.54) is 0 Å². The van der Waals surface area contributed by atoms with Gasteiger partial charge in [0.15, 0.2) is 5.75 Å². The Labute approximate surface area is 99.2 Å². The Kier molecular flexibility index (Phi) is 3.09. The van der Waals surface area contributed by atoms with E-state index >= 15 is 0 Å². The summed E-state index contributed by atoms with van der Waals surface area (Å²) in [5.41, 5.74) is 7.04. The number of ether oxygens (including phenoxy) is 2. The van der Waals surface area contributed by atoms with Gasteiger partial charge < -0.3 is 15.2 Å². The maximum absolute atomic E-state index is 5.81. The van der Waals surface area contributed by atoms with Crippen LogP contribution in [0.3, 0.4) is 0 Å². The smallest absolute Gasteiger partial charge is 0.240 e. The van der Waals surface area contributed by atoms with Crippen molar-refractivity contribution in [1.29, 1.82) is 0 Å². The molecule has 0 aliphatic heterocycles. The molecule has 88 valence electrons. The molecule has 0 aliphatic carbocycles. The van der Waals surface area contributed by atoms with E-state index in [2.05, 4.69) is 9.97 Å². The summed E-state index contributed by atoms with van der Waals surface area (Å²) in [4.78, 5) is 8.18. The van der Waals surface area contributed by atoms with Gasteiger partial charge in [0.25, 0.3) is 0 Å². The van der Waals surface area contributed by atoms with Crippen molar-refractivity contribution >= 4 is 5.69 Å². The third-order valence-corrected chi connectivity index (χ3v) is 2.26. The molecule has 2 N–H and O–H groups in total. The van der Waals surface area contributed by atoms with Gasteiger partial charge >= 0.3 is 0 Å². The lowest BCUT2D eigenvalue weighted by Gasteiger charge is -2.10. The molecule has 0 saturated carbocycles. The Morgan fingerprint density at radius 1 is 1.18 bits per heavy atom. The van der Waals surface area contributed by atoms with E-state index in [0.29, 0.717) is 28.8 Å². The zero-order valence-corrected chi connectivity index (χ0v) is 9.68. The predicted molar refractivity (Wildman–Crippen MR) is 64.2 cm³/mol. The zero-order chi connectivity index (χ0) is 12.3. The first-order valence-electron chi connectivity index (χ1n) is 5.09. The molecular formula is C12H13N3O2. The van der Waals surface area contributed by atoms with Crippen LogP contribution in [0.4, 0.5) is 5.69 Å². The first-order chi connectivity index (χ1) is 8.20. The summed E-state index contributed by atoms with van der Waals surface area (Å²) in [5.74, 6) is 1.62. The SMILES string of the molecule is COc1ccc(N)c(Oc2nccnc2C)c1. The molecule has 0 bridgehead atoms. The van der Waals surface area contributed by atoms with Crippen LogP contribution in [-0.4, -0.2) is 17.1 Å². The Morgan fingerprint density at radius 3 is 2.65 bits per heavy atom. The fourth-order valence-corrected chi connectivity index (χ4v) is 1.33. The molecular weight excluding hydrogens is 218 g/mol. The molecule has 5 nitrogen and oxygen atoms in total. The molecule has 2 aromatic rings. The minimum Gasteiger partial charge on any atom is -0.497 e. The number of nitrogen functional groups attached to an aromatic ring is 1. The quantitative estimate of drug-likeness (QED) is 0.820. The van der Waals surface area contributed by atoms with Crippen LogP contribution in [0.1, 0.15) is 5.69 Å². The number of methoxy groups -OCH3 is 1. The summed E-state index contributed by atoms with van der Waals surface area (Å²) in [6.07, 6.45) is 3.18. The van der Waals surface area contributed by atoms with Gasteiger partial charge in [-0.3, -0.25) is 4.98 Å². The lowest BCUT2D eigenvalue weighted by atomic mass is 10.3. The van der Waals surface area contributed by atoms with Crippen molar-refractivity contribution in [2.45, 2.75) is 6.92 Å². The molecule has 1 aromatic carbocycles. The molecule has 0 spiro atoms. The van der Waals surface area contributed by atoms with E-state index in [4.69, 9.17) is 15.2 Å². The van der Waals surface area contributed by atoms with Crippen LogP contribution < -0.4 is 15.2 Å². The highest BCUT2D eigenvalue weighted by Gasteiger charge is 2.07. The van der Waals surface area contributed by atoms with Crippen molar-refractivity contribution < 1.29 is 9.47 Å². The van der Waals surface area contributed by atoms with Gasteiger partial charge in [0, 0.05) is 18.5 Å². The molecule has 17 heavy (non-hydrogen) atoms. The van der Waals surface area contributed by atoms with Crippen molar-refractivity contribution in [2.24, 2.45) is 0 Å². The summed E-state index contributed by atoms with van der Waals surface area (Å²) in [5, 5.41) is 0. The summed E-state index contributed by atoms with van der Waals surface area (Å²) in [6.45, 7) is 1.82. The second-order valence-corrected chi connectivity index (χ2v) is 3.45. The van der Waals surface area contributed by atoms with E-state index in [9.17, 15) is 0 Å². The van der Waals surface area contributed by atoms with Gasteiger partial charge in [0.2, 0.25) is 5.88 Å². The van der Waals surface area contributed by atoms with E-state index < -0.39 is 0 Å². The highest BCUT2D eigenvalue weighted by atomic mass is 16.5. The average Bonchev–Trinajstić information content (AvgIpc) is 2.35. The van der Waals surface area contributed by atoms with E-state index in [1.807, 2.05) is 6.92 Å². The predicted octanol–water partition coefficient (Wildman–Crippen LogP) is 2.17. The lowest BCUT2D eigenvalue weighted by Crippen LogP contribution is -1.97. The third-order valence-electron chi connectivity index (χ3n) is 2.26. The van der Waals surface area contributed by atoms with Gasteiger partial charge in [-0.25, -0.2) is 4.98 Å². The van der Waals surface area contributed by atoms with Crippen LogP contribution in [0.25, 0.3) is 0 Å². The number of benzene rings is 1. The van der Waals surface area contributed by atoms with Gasteiger partial charge in [-0.05, 0) is 19.1 Å². The number of nitrogens with two attached hydrogens (primary N) is 1. The third kappa shape index (κ3) is 2.44. The van der Waals surface area contributed by atoms with Gasteiger partial charge in [0.05, 0.1) is 18.5 Å². The minimum atomic E-state index is 0.437. The Bertz CT molecular complexity index is 529. The van der Waals surface area contributed by atoms with E-state index in [-0.39, 0.29) is 0 Å². The molecule has 0 saturated heterocycles. The molecule has 1 aromatic heterocycles. The van der Waals surface area contributed by atoms with Crippen LogP contribution >= 0.6 is 0 Å².